The van der Waals surface area contributed by atoms with Crippen LogP contribution in [0.1, 0.15) is 20.3 Å². The summed E-state index contributed by atoms with van der Waals surface area (Å²) in [4.78, 5) is 0. The summed E-state index contributed by atoms with van der Waals surface area (Å²) >= 11 is 0. The third kappa shape index (κ3) is 1.96. The van der Waals surface area contributed by atoms with Gasteiger partial charge in [-0.15, -0.1) is 0 Å². The largest absolute Gasteiger partial charge is 0.397 e. The van der Waals surface area contributed by atoms with Gasteiger partial charge < -0.3 is 11.1 Å². The lowest BCUT2D eigenvalue weighted by Gasteiger charge is -2.11. The smallest absolute Gasteiger partial charge is 0.183 e. The second-order valence-corrected chi connectivity index (χ2v) is 5.10. The van der Waals surface area contributed by atoms with Gasteiger partial charge in [0, 0.05) is 6.54 Å². The number of anilines is 2. The number of halogens is 2. The molecule has 1 atom stereocenters. The van der Waals surface area contributed by atoms with Gasteiger partial charge in [0.15, 0.2) is 11.6 Å². The van der Waals surface area contributed by atoms with E-state index in [1.807, 2.05) is 0 Å². The normalized spacial score (nSPS) is 21.9. The number of nitrogens with one attached hydrogen (secondary N) is 1. The van der Waals surface area contributed by atoms with Gasteiger partial charge in [-0.3, -0.25) is 0 Å². The predicted octanol–water partition coefficient (Wildman–Crippen LogP) is 3.00. The van der Waals surface area contributed by atoms with Gasteiger partial charge in [-0.25, -0.2) is 8.78 Å². The zero-order chi connectivity index (χ0) is 11.9. The molecule has 1 saturated carbocycles. The highest BCUT2D eigenvalue weighted by Gasteiger charge is 2.45. The second kappa shape index (κ2) is 3.61. The lowest BCUT2D eigenvalue weighted by molar-refractivity contribution is 0.510. The van der Waals surface area contributed by atoms with Crippen molar-refractivity contribution in [2.24, 2.45) is 11.3 Å². The zero-order valence-electron chi connectivity index (χ0n) is 9.48. The molecule has 0 spiro atoms. The quantitative estimate of drug-likeness (QED) is 0.777. The Hall–Kier alpha value is -1.32. The van der Waals surface area contributed by atoms with Gasteiger partial charge in [-0.1, -0.05) is 13.8 Å². The summed E-state index contributed by atoms with van der Waals surface area (Å²) in [6.07, 6.45) is 1.11. The maximum atomic E-state index is 13.4. The second-order valence-electron chi connectivity index (χ2n) is 5.10. The van der Waals surface area contributed by atoms with Crippen molar-refractivity contribution in [3.8, 4) is 0 Å². The Balaban J connectivity index is 2.07. The van der Waals surface area contributed by atoms with Crippen molar-refractivity contribution >= 4 is 11.4 Å². The monoisotopic (exact) mass is 226 g/mol. The average Bonchev–Trinajstić information content (AvgIpc) is 2.81. The van der Waals surface area contributed by atoms with E-state index in [-0.39, 0.29) is 11.4 Å². The fourth-order valence-corrected chi connectivity index (χ4v) is 1.90. The molecule has 16 heavy (non-hydrogen) atoms. The standard InChI is InChI=1S/C12H16F2N2/c1-12(2)5-7(12)6-16-11-9(15)4-3-8(13)10(11)14/h3-4,7,16H,5-6,15H2,1-2H3. The summed E-state index contributed by atoms with van der Waals surface area (Å²) in [6, 6.07) is 2.41. The van der Waals surface area contributed by atoms with Gasteiger partial charge in [0.05, 0.1) is 11.4 Å². The zero-order valence-corrected chi connectivity index (χ0v) is 9.48. The molecule has 1 fully saturated rings. The van der Waals surface area contributed by atoms with E-state index in [0.717, 1.165) is 12.5 Å². The van der Waals surface area contributed by atoms with E-state index in [9.17, 15) is 8.78 Å². The summed E-state index contributed by atoms with van der Waals surface area (Å²) in [5, 5.41) is 2.90. The van der Waals surface area contributed by atoms with Crippen LogP contribution in [0.3, 0.4) is 0 Å². The van der Waals surface area contributed by atoms with Crippen molar-refractivity contribution in [2.45, 2.75) is 20.3 Å². The van der Waals surface area contributed by atoms with E-state index in [1.165, 1.54) is 6.07 Å². The molecule has 1 unspecified atom stereocenters. The van der Waals surface area contributed by atoms with Crippen LogP contribution in [-0.4, -0.2) is 6.54 Å². The average molecular weight is 226 g/mol. The molecule has 88 valence electrons. The maximum absolute atomic E-state index is 13.4. The number of hydrogen-bond acceptors (Lipinski definition) is 2. The first-order valence-corrected chi connectivity index (χ1v) is 5.39. The fourth-order valence-electron chi connectivity index (χ4n) is 1.90. The molecule has 0 heterocycles. The van der Waals surface area contributed by atoms with Crippen molar-refractivity contribution in [1.29, 1.82) is 0 Å². The highest BCUT2D eigenvalue weighted by Crippen LogP contribution is 2.51. The molecule has 1 aliphatic carbocycles. The predicted molar refractivity (Wildman–Crippen MR) is 61.1 cm³/mol. The van der Waals surface area contributed by atoms with Crippen molar-refractivity contribution in [2.75, 3.05) is 17.6 Å². The molecule has 1 aromatic carbocycles. The van der Waals surface area contributed by atoms with Crippen LogP contribution in [-0.2, 0) is 0 Å². The third-order valence-corrected chi connectivity index (χ3v) is 3.37. The van der Waals surface area contributed by atoms with Crippen molar-refractivity contribution < 1.29 is 8.78 Å². The van der Waals surface area contributed by atoms with Crippen LogP contribution in [0.2, 0.25) is 0 Å². The van der Waals surface area contributed by atoms with Gasteiger partial charge >= 0.3 is 0 Å². The first-order chi connectivity index (χ1) is 7.42. The molecule has 3 N–H and O–H groups in total. The van der Waals surface area contributed by atoms with Crippen LogP contribution in [0.25, 0.3) is 0 Å². The summed E-state index contributed by atoms with van der Waals surface area (Å²) in [5.74, 6) is -1.25. The minimum atomic E-state index is -0.890. The fraction of sp³-hybridized carbons (Fsp3) is 0.500. The summed E-state index contributed by atoms with van der Waals surface area (Å²) in [6.45, 7) is 4.95. The molecule has 0 aromatic heterocycles. The summed E-state index contributed by atoms with van der Waals surface area (Å²) in [7, 11) is 0. The first kappa shape index (κ1) is 11.2. The Morgan fingerprint density at radius 3 is 2.62 bits per heavy atom. The van der Waals surface area contributed by atoms with Crippen molar-refractivity contribution in [1.82, 2.24) is 0 Å². The summed E-state index contributed by atoms with van der Waals surface area (Å²) < 4.78 is 26.4. The Bertz CT molecular complexity index is 416. The molecule has 2 nitrogen and oxygen atoms in total. The minimum Gasteiger partial charge on any atom is -0.397 e. The molecule has 0 radical (unpaired) electrons. The van der Waals surface area contributed by atoms with Gasteiger partial charge in [0.25, 0.3) is 0 Å². The highest BCUT2D eigenvalue weighted by molar-refractivity contribution is 5.66. The molecule has 1 aliphatic rings. The maximum Gasteiger partial charge on any atom is 0.183 e. The van der Waals surface area contributed by atoms with Crippen LogP contribution in [0.4, 0.5) is 20.2 Å². The molecule has 0 amide bonds. The van der Waals surface area contributed by atoms with Gasteiger partial charge in [-0.05, 0) is 29.9 Å². The van der Waals surface area contributed by atoms with Gasteiger partial charge in [0.2, 0.25) is 0 Å². The number of nitrogens with two attached hydrogens (primary N) is 1. The van der Waals surface area contributed by atoms with E-state index in [0.29, 0.717) is 17.9 Å². The Labute approximate surface area is 93.8 Å². The Kier molecular flexibility index (Phi) is 2.52. The Morgan fingerprint density at radius 2 is 2.06 bits per heavy atom. The number of benzene rings is 1. The van der Waals surface area contributed by atoms with E-state index in [2.05, 4.69) is 19.2 Å². The van der Waals surface area contributed by atoms with Crippen LogP contribution >= 0.6 is 0 Å². The molecule has 0 saturated heterocycles. The summed E-state index contributed by atoms with van der Waals surface area (Å²) in [5.41, 5.74) is 6.24. The lowest BCUT2D eigenvalue weighted by atomic mass is 10.1. The van der Waals surface area contributed by atoms with Crippen molar-refractivity contribution in [3.05, 3.63) is 23.8 Å². The molecule has 1 aromatic rings. The van der Waals surface area contributed by atoms with Gasteiger partial charge in [0.1, 0.15) is 0 Å². The molecule has 4 heteroatoms. The molecule has 2 rings (SSSR count). The number of nitrogen functional groups attached to an aromatic ring is 1. The van der Waals surface area contributed by atoms with E-state index < -0.39 is 11.6 Å². The topological polar surface area (TPSA) is 38.0 Å². The number of rotatable bonds is 3. The van der Waals surface area contributed by atoms with E-state index >= 15 is 0 Å². The highest BCUT2D eigenvalue weighted by atomic mass is 19.2. The number of hydrogen-bond donors (Lipinski definition) is 2. The van der Waals surface area contributed by atoms with E-state index in [4.69, 9.17) is 5.73 Å². The van der Waals surface area contributed by atoms with Crippen LogP contribution in [0.5, 0.6) is 0 Å². The third-order valence-electron chi connectivity index (χ3n) is 3.37. The van der Waals surface area contributed by atoms with E-state index in [1.54, 1.807) is 0 Å². The van der Waals surface area contributed by atoms with Crippen LogP contribution < -0.4 is 11.1 Å². The minimum absolute atomic E-state index is 0.0858. The molecule has 0 bridgehead atoms. The molecule has 0 aliphatic heterocycles. The SMILES string of the molecule is CC1(C)CC1CNc1c(N)ccc(F)c1F. The Morgan fingerprint density at radius 1 is 1.44 bits per heavy atom. The molecular weight excluding hydrogens is 210 g/mol. The van der Waals surface area contributed by atoms with Crippen LogP contribution in [0.15, 0.2) is 12.1 Å². The first-order valence-electron chi connectivity index (χ1n) is 5.39. The van der Waals surface area contributed by atoms with Gasteiger partial charge in [-0.2, -0.15) is 0 Å². The van der Waals surface area contributed by atoms with Crippen LogP contribution in [0, 0.1) is 23.0 Å². The lowest BCUT2D eigenvalue weighted by Crippen LogP contribution is -2.11. The van der Waals surface area contributed by atoms with Crippen molar-refractivity contribution in [3.63, 3.8) is 0 Å². The molecular formula is C12H16F2N2.